The highest BCUT2D eigenvalue weighted by Gasteiger charge is 2.32. The van der Waals surface area contributed by atoms with Gasteiger partial charge >= 0.3 is 6.18 Å². The Morgan fingerprint density at radius 1 is 1.19 bits per heavy atom. The van der Waals surface area contributed by atoms with Gasteiger partial charge in [-0.25, -0.2) is 0 Å². The second-order valence-electron chi connectivity index (χ2n) is 8.49. The van der Waals surface area contributed by atoms with Crippen molar-refractivity contribution in [3.8, 4) is 11.8 Å². The summed E-state index contributed by atoms with van der Waals surface area (Å²) in [4.78, 5) is 2.34. The summed E-state index contributed by atoms with van der Waals surface area (Å²) in [5, 5.41) is 9.70. The smallest absolute Gasteiger partial charge is 0.416 e. The molecule has 1 aliphatic heterocycles. The molecule has 0 unspecified atom stereocenters. The average molecular weight is 441 g/mol. The molecule has 0 radical (unpaired) electrons. The number of hydrogen-bond donors (Lipinski definition) is 0. The van der Waals surface area contributed by atoms with E-state index in [-0.39, 0.29) is 11.1 Å². The highest BCUT2D eigenvalue weighted by Crippen LogP contribution is 2.43. The molecule has 32 heavy (non-hydrogen) atoms. The molecule has 6 heteroatoms. The maximum atomic E-state index is 12.9. The van der Waals surface area contributed by atoms with Crippen molar-refractivity contribution in [1.29, 1.82) is 5.26 Å². The van der Waals surface area contributed by atoms with Crippen molar-refractivity contribution in [2.75, 3.05) is 18.6 Å². The van der Waals surface area contributed by atoms with E-state index in [9.17, 15) is 18.4 Å². The van der Waals surface area contributed by atoms with Crippen molar-refractivity contribution in [3.05, 3.63) is 64.7 Å². The third-order valence-electron chi connectivity index (χ3n) is 5.72. The molecule has 0 spiro atoms. The summed E-state index contributed by atoms with van der Waals surface area (Å²) in [6.07, 6.45) is 0.468. The molecule has 0 N–H and O–H groups in total. The zero-order chi connectivity index (χ0) is 23.7. The van der Waals surface area contributed by atoms with Gasteiger partial charge in [0.15, 0.2) is 0 Å². The fraction of sp³-hybridized carbons (Fsp3) is 0.346. The van der Waals surface area contributed by atoms with Gasteiger partial charge in [0.05, 0.1) is 29.9 Å². The third-order valence-corrected chi connectivity index (χ3v) is 5.72. The number of nitriles is 1. The fourth-order valence-corrected chi connectivity index (χ4v) is 4.22. The molecule has 0 aromatic heterocycles. The molecule has 0 saturated heterocycles. The molecule has 1 aliphatic rings. The van der Waals surface area contributed by atoms with E-state index in [0.717, 1.165) is 41.9 Å². The number of hydrogen-bond acceptors (Lipinski definition) is 3. The Hall–Kier alpha value is -3.20. The van der Waals surface area contributed by atoms with E-state index >= 15 is 0 Å². The normalized spacial score (nSPS) is 15.7. The Morgan fingerprint density at radius 2 is 1.84 bits per heavy atom. The number of anilines is 1. The topological polar surface area (TPSA) is 36.3 Å². The van der Waals surface area contributed by atoms with Crippen molar-refractivity contribution in [1.82, 2.24) is 0 Å². The third kappa shape index (κ3) is 4.52. The van der Waals surface area contributed by atoms with Gasteiger partial charge in [0.2, 0.25) is 0 Å². The van der Waals surface area contributed by atoms with Crippen LogP contribution in [0.5, 0.6) is 5.75 Å². The maximum Gasteiger partial charge on any atom is 0.416 e. The molecule has 168 valence electrons. The lowest BCUT2D eigenvalue weighted by atomic mass is 9.87. The van der Waals surface area contributed by atoms with Crippen molar-refractivity contribution < 1.29 is 17.9 Å². The number of alkyl halides is 3. The van der Waals surface area contributed by atoms with Crippen LogP contribution in [0.15, 0.2) is 42.5 Å². The highest BCUT2D eigenvalue weighted by molar-refractivity contribution is 5.93. The van der Waals surface area contributed by atoms with Gasteiger partial charge in [-0.3, -0.25) is 0 Å². The second kappa shape index (κ2) is 8.74. The summed E-state index contributed by atoms with van der Waals surface area (Å²) >= 11 is 0. The predicted octanol–water partition coefficient (Wildman–Crippen LogP) is 7.19. The van der Waals surface area contributed by atoms with Crippen LogP contribution in [0.25, 0.3) is 17.2 Å². The van der Waals surface area contributed by atoms with Crippen LogP contribution >= 0.6 is 0 Å². The lowest BCUT2D eigenvalue weighted by Crippen LogP contribution is -2.45. The quantitative estimate of drug-likeness (QED) is 0.365. The van der Waals surface area contributed by atoms with Gasteiger partial charge in [0.25, 0.3) is 0 Å². The summed E-state index contributed by atoms with van der Waals surface area (Å²) in [6.45, 7) is 9.43. The van der Waals surface area contributed by atoms with Crippen LogP contribution in [-0.4, -0.2) is 19.2 Å². The number of rotatable bonds is 5. The van der Waals surface area contributed by atoms with E-state index < -0.39 is 11.7 Å². The maximum absolute atomic E-state index is 12.9. The first kappa shape index (κ1) is 23.5. The lowest BCUT2D eigenvalue weighted by molar-refractivity contribution is -0.137. The molecule has 0 saturated carbocycles. The van der Waals surface area contributed by atoms with Gasteiger partial charge in [-0.15, -0.1) is 0 Å². The molecule has 0 fully saturated rings. The molecule has 3 rings (SSSR count). The van der Waals surface area contributed by atoms with Gasteiger partial charge < -0.3 is 9.64 Å². The molecule has 3 nitrogen and oxygen atoms in total. The van der Waals surface area contributed by atoms with Crippen LogP contribution in [-0.2, 0) is 6.18 Å². The first-order valence-corrected chi connectivity index (χ1v) is 10.5. The van der Waals surface area contributed by atoms with E-state index in [1.165, 1.54) is 12.1 Å². The molecule has 0 aliphatic carbocycles. The van der Waals surface area contributed by atoms with Crippen LogP contribution in [0.1, 0.15) is 56.4 Å². The van der Waals surface area contributed by atoms with Gasteiger partial charge in [-0.2, -0.15) is 18.4 Å². The minimum Gasteiger partial charge on any atom is -0.496 e. The van der Waals surface area contributed by atoms with Crippen molar-refractivity contribution in [2.24, 2.45) is 0 Å². The minimum absolute atomic E-state index is 0.145. The van der Waals surface area contributed by atoms with Crippen LogP contribution < -0.4 is 9.64 Å². The number of halogens is 3. The Balaban J connectivity index is 2.11. The number of methoxy groups -OCH3 is 1. The first-order valence-electron chi connectivity index (χ1n) is 10.5. The molecule has 2 aromatic rings. The van der Waals surface area contributed by atoms with Crippen molar-refractivity contribution in [3.63, 3.8) is 0 Å². The second-order valence-corrected chi connectivity index (χ2v) is 8.49. The Morgan fingerprint density at radius 3 is 2.38 bits per heavy atom. The standard InChI is InChI=1S/C26H27F3N2O/c1-6-11-31-23-14-24(32-5)19(13-22(23)17(2)15-25(31,3)4)12-20(16-30)18-7-9-21(10-8-18)26(27,28)29/h7-10,12-15H,6,11H2,1-5H3/b20-12+. The Labute approximate surface area is 187 Å². The van der Waals surface area contributed by atoms with Crippen molar-refractivity contribution in [2.45, 2.75) is 45.8 Å². The summed E-state index contributed by atoms with van der Waals surface area (Å²) in [5.41, 5.74) is 3.74. The van der Waals surface area contributed by atoms with Gasteiger partial charge in [0, 0.05) is 29.4 Å². The summed E-state index contributed by atoms with van der Waals surface area (Å²) in [5.74, 6) is 0.606. The number of fused-ring (bicyclic) bond motifs is 1. The number of nitrogens with zero attached hydrogens (tertiary/aromatic N) is 2. The van der Waals surface area contributed by atoms with Crippen LogP contribution in [0.3, 0.4) is 0 Å². The van der Waals surface area contributed by atoms with Crippen LogP contribution in [0, 0.1) is 11.3 Å². The molecule has 0 atom stereocenters. The van der Waals surface area contributed by atoms with Crippen LogP contribution in [0.4, 0.5) is 18.9 Å². The number of benzene rings is 2. The van der Waals surface area contributed by atoms with E-state index in [0.29, 0.717) is 16.9 Å². The summed E-state index contributed by atoms with van der Waals surface area (Å²) < 4.78 is 44.3. The largest absolute Gasteiger partial charge is 0.496 e. The van der Waals surface area contributed by atoms with E-state index in [2.05, 4.69) is 44.7 Å². The van der Waals surface area contributed by atoms with Gasteiger partial charge in [-0.05, 0) is 62.6 Å². The Kier molecular flexibility index (Phi) is 6.41. The van der Waals surface area contributed by atoms with Gasteiger partial charge in [-0.1, -0.05) is 25.1 Å². The minimum atomic E-state index is -4.42. The lowest BCUT2D eigenvalue weighted by Gasteiger charge is -2.43. The molecule has 0 amide bonds. The Bertz CT molecular complexity index is 1100. The molecular weight excluding hydrogens is 413 g/mol. The SMILES string of the molecule is CCCN1c2cc(OC)c(/C=C(\C#N)c3ccc(C(F)(F)F)cc3)cc2C(C)=CC1(C)C. The summed E-state index contributed by atoms with van der Waals surface area (Å²) in [7, 11) is 1.57. The number of allylic oxidation sites excluding steroid dienone is 2. The first-order chi connectivity index (χ1) is 15.0. The molecular formula is C26H27F3N2O. The van der Waals surface area contributed by atoms with Gasteiger partial charge in [0.1, 0.15) is 5.75 Å². The van der Waals surface area contributed by atoms with E-state index in [1.54, 1.807) is 13.2 Å². The molecule has 0 bridgehead atoms. The molecule has 1 heterocycles. The zero-order valence-corrected chi connectivity index (χ0v) is 19.0. The average Bonchev–Trinajstić information content (AvgIpc) is 2.73. The van der Waals surface area contributed by atoms with E-state index in [1.807, 2.05) is 12.1 Å². The number of ether oxygens (including phenoxy) is 1. The fourth-order valence-electron chi connectivity index (χ4n) is 4.22. The molecule has 2 aromatic carbocycles. The van der Waals surface area contributed by atoms with Crippen LogP contribution in [0.2, 0.25) is 0 Å². The zero-order valence-electron chi connectivity index (χ0n) is 19.0. The van der Waals surface area contributed by atoms with E-state index in [4.69, 9.17) is 4.74 Å². The highest BCUT2D eigenvalue weighted by atomic mass is 19.4. The summed E-state index contributed by atoms with van der Waals surface area (Å²) in [6, 6.07) is 10.7. The van der Waals surface area contributed by atoms with Crippen molar-refractivity contribution >= 4 is 22.9 Å². The monoisotopic (exact) mass is 440 g/mol. The predicted molar refractivity (Wildman–Crippen MR) is 123 cm³/mol.